The molecule has 1 aliphatic heterocycles. The van der Waals surface area contributed by atoms with Crippen molar-refractivity contribution in [3.8, 4) is 17.0 Å². The van der Waals surface area contributed by atoms with E-state index >= 15 is 0 Å². The van der Waals surface area contributed by atoms with Crippen LogP contribution in [-0.4, -0.2) is 42.3 Å². The van der Waals surface area contributed by atoms with Gasteiger partial charge in [0.2, 0.25) is 0 Å². The number of H-pyrrole nitrogens is 1. The summed E-state index contributed by atoms with van der Waals surface area (Å²) in [5.74, 6) is 1.73. The highest BCUT2D eigenvalue weighted by molar-refractivity contribution is 5.94. The first kappa shape index (κ1) is 19.1. The molecule has 29 heavy (non-hydrogen) atoms. The van der Waals surface area contributed by atoms with E-state index in [0.29, 0.717) is 5.56 Å². The minimum absolute atomic E-state index is 0.0125. The minimum atomic E-state index is -0.0125. The number of aryl methyl sites for hydroxylation is 1. The maximum absolute atomic E-state index is 12.6. The lowest BCUT2D eigenvalue weighted by atomic mass is 10.0. The van der Waals surface area contributed by atoms with Crippen LogP contribution < -0.4 is 15.0 Å². The van der Waals surface area contributed by atoms with Crippen LogP contribution in [0.15, 0.2) is 54.6 Å². The van der Waals surface area contributed by atoms with Crippen molar-refractivity contribution in [1.29, 1.82) is 0 Å². The number of ether oxygens (including phenoxy) is 1. The van der Waals surface area contributed by atoms with E-state index in [1.165, 1.54) is 0 Å². The van der Waals surface area contributed by atoms with Crippen LogP contribution in [0.2, 0.25) is 0 Å². The summed E-state index contributed by atoms with van der Waals surface area (Å²) in [6.45, 7) is 3.69. The normalized spacial score (nSPS) is 16.5. The molecule has 0 aliphatic carbocycles. The van der Waals surface area contributed by atoms with Gasteiger partial charge in [0, 0.05) is 30.8 Å². The van der Waals surface area contributed by atoms with Gasteiger partial charge in [-0.2, -0.15) is 5.10 Å². The molecule has 2 aromatic carbocycles. The van der Waals surface area contributed by atoms with Gasteiger partial charge in [0.15, 0.2) is 5.82 Å². The Labute approximate surface area is 170 Å². The fourth-order valence-electron chi connectivity index (χ4n) is 3.75. The molecule has 6 nitrogen and oxygen atoms in total. The van der Waals surface area contributed by atoms with E-state index in [2.05, 4.69) is 26.5 Å². The quantitative estimate of drug-likeness (QED) is 0.695. The number of rotatable bonds is 5. The second-order valence-corrected chi connectivity index (χ2v) is 7.50. The van der Waals surface area contributed by atoms with Gasteiger partial charge in [0.25, 0.3) is 5.91 Å². The number of carbonyl (C=O) groups is 1. The summed E-state index contributed by atoms with van der Waals surface area (Å²) in [7, 11) is 1.66. The Kier molecular flexibility index (Phi) is 5.51. The maximum Gasteiger partial charge on any atom is 0.251 e. The zero-order valence-corrected chi connectivity index (χ0v) is 16.8. The highest BCUT2D eigenvalue weighted by Crippen LogP contribution is 2.25. The van der Waals surface area contributed by atoms with E-state index < -0.39 is 0 Å². The predicted molar refractivity (Wildman–Crippen MR) is 114 cm³/mol. The smallest absolute Gasteiger partial charge is 0.251 e. The summed E-state index contributed by atoms with van der Waals surface area (Å²) in [5.41, 5.74) is 3.83. The number of benzene rings is 2. The second kappa shape index (κ2) is 8.39. The molecule has 1 atom stereocenters. The Morgan fingerprint density at radius 3 is 2.79 bits per heavy atom. The van der Waals surface area contributed by atoms with E-state index in [1.807, 2.05) is 55.5 Å². The largest absolute Gasteiger partial charge is 0.497 e. The molecule has 1 aliphatic rings. The van der Waals surface area contributed by atoms with Gasteiger partial charge in [0.1, 0.15) is 5.75 Å². The van der Waals surface area contributed by atoms with Crippen LogP contribution in [0.1, 0.15) is 28.8 Å². The molecule has 1 amide bonds. The van der Waals surface area contributed by atoms with Crippen LogP contribution in [0.25, 0.3) is 11.3 Å². The van der Waals surface area contributed by atoms with Crippen molar-refractivity contribution in [3.63, 3.8) is 0 Å². The summed E-state index contributed by atoms with van der Waals surface area (Å²) in [5, 5.41) is 10.8. The molecule has 150 valence electrons. The Balaban J connectivity index is 1.42. The number of carbonyl (C=O) groups excluding carboxylic acids is 1. The fourth-order valence-corrected chi connectivity index (χ4v) is 3.75. The number of hydrogen-bond donors (Lipinski definition) is 2. The predicted octanol–water partition coefficient (Wildman–Crippen LogP) is 3.79. The van der Waals surface area contributed by atoms with Gasteiger partial charge < -0.3 is 15.0 Å². The van der Waals surface area contributed by atoms with Crippen molar-refractivity contribution >= 4 is 11.7 Å². The molecule has 1 aromatic heterocycles. The van der Waals surface area contributed by atoms with Crippen LogP contribution >= 0.6 is 0 Å². The first-order chi connectivity index (χ1) is 14.1. The van der Waals surface area contributed by atoms with E-state index in [-0.39, 0.29) is 11.9 Å². The van der Waals surface area contributed by atoms with E-state index in [9.17, 15) is 4.79 Å². The molecular weight excluding hydrogens is 364 g/mol. The van der Waals surface area contributed by atoms with Crippen LogP contribution in [0.3, 0.4) is 0 Å². The number of methoxy groups -OCH3 is 1. The van der Waals surface area contributed by atoms with Crippen molar-refractivity contribution in [1.82, 2.24) is 15.5 Å². The van der Waals surface area contributed by atoms with Crippen molar-refractivity contribution in [2.24, 2.45) is 0 Å². The molecule has 1 saturated heterocycles. The van der Waals surface area contributed by atoms with Gasteiger partial charge in [-0.3, -0.25) is 9.89 Å². The molecule has 0 bridgehead atoms. The van der Waals surface area contributed by atoms with Gasteiger partial charge in [0.05, 0.1) is 12.8 Å². The molecule has 3 aromatic rings. The van der Waals surface area contributed by atoms with Crippen molar-refractivity contribution in [2.45, 2.75) is 25.8 Å². The van der Waals surface area contributed by atoms with Crippen LogP contribution in [0.5, 0.6) is 5.75 Å². The molecule has 2 N–H and O–H groups in total. The number of hydrogen-bond acceptors (Lipinski definition) is 4. The maximum atomic E-state index is 12.6. The minimum Gasteiger partial charge on any atom is -0.497 e. The van der Waals surface area contributed by atoms with Crippen LogP contribution in [0.4, 0.5) is 5.82 Å². The molecule has 0 saturated carbocycles. The molecule has 0 radical (unpaired) electrons. The molecular formula is C23H26N4O2. The third-order valence-electron chi connectivity index (χ3n) is 5.33. The van der Waals surface area contributed by atoms with Gasteiger partial charge in [-0.25, -0.2) is 0 Å². The summed E-state index contributed by atoms with van der Waals surface area (Å²) >= 11 is 0. The molecule has 2 heterocycles. The molecule has 0 spiro atoms. The summed E-state index contributed by atoms with van der Waals surface area (Å²) < 4.78 is 5.22. The summed E-state index contributed by atoms with van der Waals surface area (Å²) in [6.07, 6.45) is 1.99. The molecule has 4 rings (SSSR count). The van der Waals surface area contributed by atoms with Crippen molar-refractivity contribution in [2.75, 3.05) is 25.1 Å². The highest BCUT2D eigenvalue weighted by Gasteiger charge is 2.23. The van der Waals surface area contributed by atoms with Crippen molar-refractivity contribution in [3.05, 3.63) is 65.7 Å². The fraction of sp³-hybridized carbons (Fsp3) is 0.304. The second-order valence-electron chi connectivity index (χ2n) is 7.50. The lowest BCUT2D eigenvalue weighted by Gasteiger charge is -2.33. The third kappa shape index (κ3) is 4.42. The van der Waals surface area contributed by atoms with Crippen molar-refractivity contribution < 1.29 is 9.53 Å². The lowest BCUT2D eigenvalue weighted by molar-refractivity contribution is 0.0933. The summed E-state index contributed by atoms with van der Waals surface area (Å²) in [6, 6.07) is 17.8. The average molecular weight is 390 g/mol. The van der Waals surface area contributed by atoms with E-state index in [0.717, 1.165) is 54.3 Å². The van der Waals surface area contributed by atoms with E-state index in [1.54, 1.807) is 7.11 Å². The topological polar surface area (TPSA) is 70.2 Å². The standard InChI is InChI=1S/C23H26N4O2/c1-16-5-3-6-18(13-16)23(28)24-19-7-4-12-27(15-19)22-14-21(25-26-22)17-8-10-20(29-2)11-9-17/h3,5-6,8-11,13-14,19H,4,7,12,15H2,1-2H3,(H,24,28)(H,25,26)/t19-/m1/s1. The van der Waals surface area contributed by atoms with E-state index in [4.69, 9.17) is 4.74 Å². The third-order valence-corrected chi connectivity index (χ3v) is 5.33. The highest BCUT2D eigenvalue weighted by atomic mass is 16.5. The molecule has 1 fully saturated rings. The molecule has 0 unspecified atom stereocenters. The Morgan fingerprint density at radius 2 is 2.03 bits per heavy atom. The van der Waals surface area contributed by atoms with Crippen LogP contribution in [-0.2, 0) is 0 Å². The van der Waals surface area contributed by atoms with Gasteiger partial charge in [-0.05, 0) is 61.7 Å². The monoisotopic (exact) mass is 390 g/mol. The Hall–Kier alpha value is -3.28. The first-order valence-corrected chi connectivity index (χ1v) is 9.95. The SMILES string of the molecule is COc1ccc(-c2cc(N3CCC[C@@H](NC(=O)c4cccc(C)c4)C3)n[nH]2)cc1. The van der Waals surface area contributed by atoms with Crippen LogP contribution in [0, 0.1) is 6.92 Å². The van der Waals surface area contributed by atoms with Gasteiger partial charge in [-0.1, -0.05) is 17.7 Å². The number of nitrogens with one attached hydrogen (secondary N) is 2. The zero-order valence-electron chi connectivity index (χ0n) is 16.8. The lowest BCUT2D eigenvalue weighted by Crippen LogP contribution is -2.48. The van der Waals surface area contributed by atoms with Gasteiger partial charge in [-0.15, -0.1) is 0 Å². The zero-order chi connectivity index (χ0) is 20.2. The number of amides is 1. The molecule has 6 heteroatoms. The average Bonchev–Trinajstić information content (AvgIpc) is 3.24. The Morgan fingerprint density at radius 1 is 1.21 bits per heavy atom. The van der Waals surface area contributed by atoms with Gasteiger partial charge >= 0.3 is 0 Å². The number of aromatic nitrogens is 2. The first-order valence-electron chi connectivity index (χ1n) is 9.95. The number of aromatic amines is 1. The number of nitrogens with zero attached hydrogens (tertiary/aromatic N) is 2. The summed E-state index contributed by atoms with van der Waals surface area (Å²) in [4.78, 5) is 14.8. The number of piperidine rings is 1. The number of anilines is 1. The Bertz CT molecular complexity index is 981.